The number of amides is 1. The Hall–Kier alpha value is -2.64. The van der Waals surface area contributed by atoms with E-state index in [1.54, 1.807) is 12.3 Å². The first-order valence-corrected chi connectivity index (χ1v) is 14.4. The number of nitrogens with two attached hydrogens (primary N) is 1. The summed E-state index contributed by atoms with van der Waals surface area (Å²) in [5, 5.41) is 29.5. The smallest absolute Gasteiger partial charge is 0.335 e. The number of ether oxygens (including phenoxy) is 1. The maximum atomic E-state index is 12.9. The SMILES string of the molecule is CCC(=O)C(O)C(O)C(=O)O.Nc1c(Br)cc(C(=O)NCC2CCN(CC3CCOCC3)CC2)c2ncccc12. The molecular weight excluding hydrogens is 584 g/mol. The van der Waals surface area contributed by atoms with Gasteiger partial charge in [0.25, 0.3) is 5.91 Å². The van der Waals surface area contributed by atoms with Crippen molar-refractivity contribution in [1.82, 2.24) is 15.2 Å². The van der Waals surface area contributed by atoms with Crippen LogP contribution >= 0.6 is 15.9 Å². The molecular formula is C28H39BrN4O7. The van der Waals surface area contributed by atoms with Crippen LogP contribution < -0.4 is 11.1 Å². The second-order valence-electron chi connectivity index (χ2n) is 10.3. The van der Waals surface area contributed by atoms with Gasteiger partial charge in [-0.25, -0.2) is 4.79 Å². The second-order valence-corrected chi connectivity index (χ2v) is 11.1. The molecule has 40 heavy (non-hydrogen) atoms. The molecule has 12 heteroatoms. The molecule has 2 aliphatic heterocycles. The molecule has 4 rings (SSSR count). The first kappa shape index (κ1) is 31.9. The summed E-state index contributed by atoms with van der Waals surface area (Å²) in [6.45, 7) is 7.45. The van der Waals surface area contributed by atoms with Gasteiger partial charge in [-0.1, -0.05) is 6.92 Å². The number of carbonyl (C=O) groups is 3. The Morgan fingerprint density at radius 3 is 2.45 bits per heavy atom. The third kappa shape index (κ3) is 8.68. The topological polar surface area (TPSA) is 175 Å². The number of aliphatic hydroxyl groups excluding tert-OH is 2. The van der Waals surface area contributed by atoms with Gasteiger partial charge in [-0.15, -0.1) is 0 Å². The number of carboxylic acids is 1. The number of piperidine rings is 1. The Morgan fingerprint density at radius 1 is 1.15 bits per heavy atom. The predicted molar refractivity (Wildman–Crippen MR) is 154 cm³/mol. The molecule has 2 atom stereocenters. The minimum Gasteiger partial charge on any atom is -0.479 e. The van der Waals surface area contributed by atoms with Gasteiger partial charge in [-0.2, -0.15) is 0 Å². The lowest BCUT2D eigenvalue weighted by molar-refractivity contribution is -0.157. The quantitative estimate of drug-likeness (QED) is 0.261. The number of nitrogens with one attached hydrogen (secondary N) is 1. The number of benzene rings is 1. The van der Waals surface area contributed by atoms with Crippen molar-refractivity contribution >= 4 is 50.2 Å². The molecule has 2 aromatic rings. The van der Waals surface area contributed by atoms with Gasteiger partial charge in [0.15, 0.2) is 11.9 Å². The zero-order chi connectivity index (χ0) is 29.2. The van der Waals surface area contributed by atoms with Gasteiger partial charge in [0, 0.05) is 48.8 Å². The molecule has 11 nitrogen and oxygen atoms in total. The Balaban J connectivity index is 0.000000342. The lowest BCUT2D eigenvalue weighted by Crippen LogP contribution is -2.41. The van der Waals surface area contributed by atoms with Crippen LogP contribution in [0.5, 0.6) is 0 Å². The summed E-state index contributed by atoms with van der Waals surface area (Å²) in [4.78, 5) is 40.4. The summed E-state index contributed by atoms with van der Waals surface area (Å²) in [5.74, 6) is -1.05. The maximum absolute atomic E-state index is 12.9. The van der Waals surface area contributed by atoms with Crippen LogP contribution in [0.2, 0.25) is 0 Å². The number of aliphatic carboxylic acids is 1. The molecule has 2 saturated heterocycles. The summed E-state index contributed by atoms with van der Waals surface area (Å²) < 4.78 is 6.19. The van der Waals surface area contributed by atoms with Crippen molar-refractivity contribution in [2.24, 2.45) is 11.8 Å². The molecule has 0 radical (unpaired) electrons. The largest absolute Gasteiger partial charge is 0.479 e. The molecule has 0 spiro atoms. The van der Waals surface area contributed by atoms with E-state index in [-0.39, 0.29) is 12.3 Å². The van der Waals surface area contributed by atoms with Gasteiger partial charge in [0.2, 0.25) is 0 Å². The third-order valence-electron chi connectivity index (χ3n) is 7.47. The molecule has 0 bridgehead atoms. The highest BCUT2D eigenvalue weighted by atomic mass is 79.9. The van der Waals surface area contributed by atoms with Crippen LogP contribution in [-0.2, 0) is 14.3 Å². The highest BCUT2D eigenvalue weighted by Crippen LogP contribution is 2.31. The molecule has 2 aliphatic rings. The minimum atomic E-state index is -2.01. The minimum absolute atomic E-state index is 0.00546. The Morgan fingerprint density at radius 2 is 1.82 bits per heavy atom. The number of aliphatic hydroxyl groups is 2. The highest BCUT2D eigenvalue weighted by molar-refractivity contribution is 9.10. The van der Waals surface area contributed by atoms with E-state index < -0.39 is 24.0 Å². The number of carboxylic acid groups (broad SMARTS) is 1. The van der Waals surface area contributed by atoms with E-state index in [1.807, 2.05) is 12.1 Å². The van der Waals surface area contributed by atoms with Crippen LogP contribution in [0.25, 0.3) is 10.9 Å². The Kier molecular flexibility index (Phi) is 12.3. The first-order valence-electron chi connectivity index (χ1n) is 13.6. The predicted octanol–water partition coefficient (Wildman–Crippen LogP) is 2.22. The van der Waals surface area contributed by atoms with Gasteiger partial charge in [0.1, 0.15) is 6.10 Å². The fraction of sp³-hybridized carbons (Fsp3) is 0.571. The number of hydrogen-bond donors (Lipinski definition) is 5. The monoisotopic (exact) mass is 622 g/mol. The number of anilines is 1. The Labute approximate surface area is 242 Å². The number of likely N-dealkylation sites (tertiary alicyclic amines) is 1. The van der Waals surface area contributed by atoms with E-state index in [1.165, 1.54) is 26.3 Å². The lowest BCUT2D eigenvalue weighted by atomic mass is 9.94. The number of fused-ring (bicyclic) bond motifs is 1. The fourth-order valence-electron chi connectivity index (χ4n) is 4.93. The van der Waals surface area contributed by atoms with Crippen LogP contribution in [0.4, 0.5) is 5.69 Å². The summed E-state index contributed by atoms with van der Waals surface area (Å²) in [6, 6.07) is 5.50. The number of rotatable bonds is 9. The number of nitrogens with zero attached hydrogens (tertiary/aromatic N) is 2. The molecule has 3 heterocycles. The summed E-state index contributed by atoms with van der Waals surface area (Å²) in [6.07, 6.45) is 2.53. The van der Waals surface area contributed by atoms with E-state index in [4.69, 9.17) is 25.8 Å². The number of aromatic nitrogens is 1. The van der Waals surface area contributed by atoms with Crippen molar-refractivity contribution in [2.45, 2.75) is 51.2 Å². The zero-order valence-electron chi connectivity index (χ0n) is 22.7. The molecule has 220 valence electrons. The molecule has 1 aromatic carbocycles. The number of ketones is 1. The van der Waals surface area contributed by atoms with E-state index in [0.29, 0.717) is 29.2 Å². The molecule has 2 fully saturated rings. The van der Waals surface area contributed by atoms with Crippen LogP contribution in [0.1, 0.15) is 49.4 Å². The van der Waals surface area contributed by atoms with Crippen molar-refractivity contribution in [3.05, 3.63) is 34.4 Å². The average molecular weight is 624 g/mol. The van der Waals surface area contributed by atoms with Crippen LogP contribution in [0.3, 0.4) is 0 Å². The summed E-state index contributed by atoms with van der Waals surface area (Å²) in [7, 11) is 0. The van der Waals surface area contributed by atoms with Crippen LogP contribution in [-0.4, -0.2) is 94.5 Å². The summed E-state index contributed by atoms with van der Waals surface area (Å²) >= 11 is 3.46. The molecule has 2 unspecified atom stereocenters. The number of halogens is 1. The van der Waals surface area contributed by atoms with Crippen LogP contribution in [0, 0.1) is 11.8 Å². The van der Waals surface area contributed by atoms with Crippen molar-refractivity contribution < 1.29 is 34.4 Å². The first-order chi connectivity index (χ1) is 19.1. The number of nitrogen functional groups attached to an aromatic ring is 1. The van der Waals surface area contributed by atoms with E-state index in [2.05, 4.69) is 31.1 Å². The fourth-order valence-corrected chi connectivity index (χ4v) is 5.37. The average Bonchev–Trinajstić information content (AvgIpc) is 2.98. The van der Waals surface area contributed by atoms with Gasteiger partial charge in [-0.3, -0.25) is 14.6 Å². The van der Waals surface area contributed by atoms with Crippen molar-refractivity contribution in [3.8, 4) is 0 Å². The van der Waals surface area contributed by atoms with Crippen molar-refractivity contribution in [2.75, 3.05) is 45.1 Å². The molecule has 0 saturated carbocycles. The van der Waals surface area contributed by atoms with Crippen molar-refractivity contribution in [3.63, 3.8) is 0 Å². The number of hydrogen-bond acceptors (Lipinski definition) is 9. The van der Waals surface area contributed by atoms with Gasteiger partial charge < -0.3 is 36.0 Å². The van der Waals surface area contributed by atoms with E-state index >= 15 is 0 Å². The van der Waals surface area contributed by atoms with Crippen molar-refractivity contribution in [1.29, 1.82) is 0 Å². The molecule has 6 N–H and O–H groups in total. The second kappa shape index (κ2) is 15.4. The third-order valence-corrected chi connectivity index (χ3v) is 8.13. The number of pyridine rings is 1. The standard InChI is InChI=1S/C22H29BrN4O2.C6H10O5/c23-19-12-18(21-17(20(19)24)2-1-7-25-21)22(28)26-13-15-3-8-27(9-4-15)14-16-5-10-29-11-6-16;1-2-3(7)4(8)5(9)6(10)11/h1-2,7,12,15-16H,3-6,8-11,13-14,24H2,(H,26,28);4-5,8-9H,2H2,1H3,(H,10,11). The maximum Gasteiger partial charge on any atom is 0.335 e. The van der Waals surface area contributed by atoms with Gasteiger partial charge in [-0.05, 0) is 84.7 Å². The zero-order valence-corrected chi connectivity index (χ0v) is 24.3. The van der Waals surface area contributed by atoms with E-state index in [0.717, 1.165) is 54.9 Å². The van der Waals surface area contributed by atoms with Gasteiger partial charge >= 0.3 is 5.97 Å². The highest BCUT2D eigenvalue weighted by Gasteiger charge is 2.28. The van der Waals surface area contributed by atoms with E-state index in [9.17, 15) is 14.4 Å². The summed E-state index contributed by atoms with van der Waals surface area (Å²) in [5.41, 5.74) is 7.96. The van der Waals surface area contributed by atoms with Crippen LogP contribution in [0.15, 0.2) is 28.9 Å². The number of Topliss-reactive ketones (excluding diaryl/α,β-unsaturated/α-hetero) is 1. The normalized spacial score (nSPS) is 18.4. The molecule has 1 aromatic heterocycles. The lowest BCUT2D eigenvalue weighted by Gasteiger charge is -2.35. The van der Waals surface area contributed by atoms with Gasteiger partial charge in [0.05, 0.1) is 16.8 Å². The molecule has 0 aliphatic carbocycles. The molecule has 1 amide bonds. The Bertz CT molecular complexity index is 1170. The number of carbonyl (C=O) groups excluding carboxylic acids is 2.